The molecule has 1 aromatic carbocycles. The van der Waals surface area contributed by atoms with Gasteiger partial charge in [0, 0.05) is 36.0 Å². The molecular weight excluding hydrogens is 348 g/mol. The van der Waals surface area contributed by atoms with E-state index in [0.29, 0.717) is 6.54 Å². The summed E-state index contributed by atoms with van der Waals surface area (Å²) in [4.78, 5) is 10.5. The maximum absolute atomic E-state index is 5.44. The third-order valence-electron chi connectivity index (χ3n) is 3.89. The van der Waals surface area contributed by atoms with Gasteiger partial charge < -0.3 is 20.1 Å². The average Bonchev–Trinajstić information content (AvgIpc) is 2.96. The summed E-state index contributed by atoms with van der Waals surface area (Å²) in [6.45, 7) is 8.32. The highest BCUT2D eigenvalue weighted by atomic mass is 32.1. The van der Waals surface area contributed by atoms with Crippen LogP contribution in [0.15, 0.2) is 23.2 Å². The summed E-state index contributed by atoms with van der Waals surface area (Å²) in [6.07, 6.45) is 0.938. The fraction of sp³-hybridized carbons (Fsp3) is 0.474. The zero-order valence-electron chi connectivity index (χ0n) is 16.2. The van der Waals surface area contributed by atoms with Crippen molar-refractivity contribution in [2.75, 3.05) is 27.3 Å². The maximum atomic E-state index is 5.44. The lowest BCUT2D eigenvalue weighted by Gasteiger charge is -2.12. The Morgan fingerprint density at radius 3 is 2.62 bits per heavy atom. The van der Waals surface area contributed by atoms with Crippen LogP contribution in [-0.4, -0.2) is 38.3 Å². The van der Waals surface area contributed by atoms with Crippen LogP contribution in [0.3, 0.4) is 0 Å². The van der Waals surface area contributed by atoms with Crippen molar-refractivity contribution in [3.05, 3.63) is 39.3 Å². The number of benzene rings is 1. The molecule has 6 nitrogen and oxygen atoms in total. The standard InChI is InChI=1S/C19H28N4O2S/c1-6-20-19(21-10-9-18-13(2)23-14(3)26-18)22-12-15-7-8-16(24-4)11-17(15)25-5/h7-8,11H,6,9-10,12H2,1-5H3,(H2,20,21,22). The van der Waals surface area contributed by atoms with Gasteiger partial charge in [-0.05, 0) is 32.9 Å². The molecule has 0 atom stereocenters. The van der Waals surface area contributed by atoms with Crippen molar-refractivity contribution in [1.29, 1.82) is 0 Å². The second-order valence-corrected chi connectivity index (χ2v) is 7.08. The lowest BCUT2D eigenvalue weighted by Crippen LogP contribution is -2.38. The minimum atomic E-state index is 0.529. The number of hydrogen-bond acceptors (Lipinski definition) is 5. The Labute approximate surface area is 159 Å². The van der Waals surface area contributed by atoms with E-state index in [0.717, 1.165) is 53.2 Å². The minimum absolute atomic E-state index is 0.529. The minimum Gasteiger partial charge on any atom is -0.497 e. The summed E-state index contributed by atoms with van der Waals surface area (Å²) in [5.41, 5.74) is 2.14. The largest absolute Gasteiger partial charge is 0.497 e. The SMILES string of the molecule is CCNC(=NCc1ccc(OC)cc1OC)NCCc1sc(C)nc1C. The van der Waals surface area contributed by atoms with Gasteiger partial charge in [-0.2, -0.15) is 0 Å². The van der Waals surface area contributed by atoms with E-state index in [-0.39, 0.29) is 0 Å². The number of thiazole rings is 1. The first-order valence-electron chi connectivity index (χ1n) is 8.73. The van der Waals surface area contributed by atoms with E-state index in [1.807, 2.05) is 25.1 Å². The Bertz CT molecular complexity index is 743. The van der Waals surface area contributed by atoms with Gasteiger partial charge in [-0.25, -0.2) is 9.98 Å². The third-order valence-corrected chi connectivity index (χ3v) is 5.02. The molecule has 2 aromatic rings. The summed E-state index contributed by atoms with van der Waals surface area (Å²) in [5, 5.41) is 7.78. The quantitative estimate of drug-likeness (QED) is 0.547. The topological polar surface area (TPSA) is 67.8 Å². The Kier molecular flexibility index (Phi) is 7.72. The predicted molar refractivity (Wildman–Crippen MR) is 108 cm³/mol. The Morgan fingerprint density at radius 2 is 2.00 bits per heavy atom. The Hall–Kier alpha value is -2.28. The first-order valence-corrected chi connectivity index (χ1v) is 9.55. The average molecular weight is 377 g/mol. The van der Waals surface area contributed by atoms with Gasteiger partial charge in [-0.1, -0.05) is 0 Å². The number of aliphatic imine (C=N–C) groups is 1. The first kappa shape index (κ1) is 20.0. The van der Waals surface area contributed by atoms with Gasteiger partial charge in [0.25, 0.3) is 0 Å². The summed E-state index contributed by atoms with van der Waals surface area (Å²) in [5.74, 6) is 2.35. The van der Waals surface area contributed by atoms with Gasteiger partial charge in [0.15, 0.2) is 5.96 Å². The van der Waals surface area contributed by atoms with E-state index in [9.17, 15) is 0 Å². The Morgan fingerprint density at radius 1 is 1.19 bits per heavy atom. The number of nitrogens with zero attached hydrogens (tertiary/aromatic N) is 2. The van der Waals surface area contributed by atoms with Gasteiger partial charge in [0.1, 0.15) is 11.5 Å². The van der Waals surface area contributed by atoms with Crippen molar-refractivity contribution in [1.82, 2.24) is 15.6 Å². The lowest BCUT2D eigenvalue weighted by atomic mass is 10.2. The molecule has 0 aliphatic heterocycles. The molecule has 0 saturated carbocycles. The number of nitrogens with one attached hydrogen (secondary N) is 2. The molecule has 0 radical (unpaired) electrons. The molecule has 1 aromatic heterocycles. The number of guanidine groups is 1. The monoisotopic (exact) mass is 376 g/mol. The van der Waals surface area contributed by atoms with Gasteiger partial charge in [0.2, 0.25) is 0 Å². The molecule has 2 N–H and O–H groups in total. The lowest BCUT2D eigenvalue weighted by molar-refractivity contribution is 0.391. The molecule has 1 heterocycles. The zero-order valence-corrected chi connectivity index (χ0v) is 17.0. The second-order valence-electron chi connectivity index (χ2n) is 5.79. The molecule has 0 bridgehead atoms. The van der Waals surface area contributed by atoms with Crippen LogP contribution in [0.25, 0.3) is 0 Å². The molecule has 0 unspecified atom stereocenters. The van der Waals surface area contributed by atoms with E-state index in [1.165, 1.54) is 4.88 Å². The zero-order chi connectivity index (χ0) is 18.9. The van der Waals surface area contributed by atoms with Gasteiger partial charge in [-0.15, -0.1) is 11.3 Å². The normalized spacial score (nSPS) is 11.3. The predicted octanol–water partition coefficient (Wildman–Crippen LogP) is 3.07. The molecule has 0 amide bonds. The number of methoxy groups -OCH3 is 2. The van der Waals surface area contributed by atoms with Crippen molar-refractivity contribution < 1.29 is 9.47 Å². The van der Waals surface area contributed by atoms with Gasteiger partial charge in [0.05, 0.1) is 31.5 Å². The first-order chi connectivity index (χ1) is 12.6. The molecule has 7 heteroatoms. The number of aromatic nitrogens is 1. The van der Waals surface area contributed by atoms with E-state index < -0.39 is 0 Å². The molecule has 0 spiro atoms. The van der Waals surface area contributed by atoms with Crippen molar-refractivity contribution in [2.45, 2.75) is 33.7 Å². The van der Waals surface area contributed by atoms with Crippen LogP contribution in [0.4, 0.5) is 0 Å². The second kappa shape index (κ2) is 10.0. The number of aryl methyl sites for hydroxylation is 2. The highest BCUT2D eigenvalue weighted by Crippen LogP contribution is 2.25. The fourth-order valence-corrected chi connectivity index (χ4v) is 3.52. The molecule has 0 aliphatic rings. The van der Waals surface area contributed by atoms with E-state index >= 15 is 0 Å². The molecule has 26 heavy (non-hydrogen) atoms. The van der Waals surface area contributed by atoms with Crippen LogP contribution in [0, 0.1) is 13.8 Å². The van der Waals surface area contributed by atoms with Crippen LogP contribution in [0.1, 0.15) is 28.1 Å². The molecule has 2 rings (SSSR count). The van der Waals surface area contributed by atoms with Gasteiger partial charge in [-0.3, -0.25) is 0 Å². The smallest absolute Gasteiger partial charge is 0.191 e. The highest BCUT2D eigenvalue weighted by Gasteiger charge is 2.07. The summed E-state index contributed by atoms with van der Waals surface area (Å²) >= 11 is 1.76. The molecular formula is C19H28N4O2S. The summed E-state index contributed by atoms with van der Waals surface area (Å²) < 4.78 is 10.7. The molecule has 0 saturated heterocycles. The van der Waals surface area contributed by atoms with Crippen LogP contribution in [0.2, 0.25) is 0 Å². The van der Waals surface area contributed by atoms with Crippen LogP contribution in [0.5, 0.6) is 11.5 Å². The Balaban J connectivity index is 1.98. The third kappa shape index (κ3) is 5.62. The van der Waals surface area contributed by atoms with Crippen molar-refractivity contribution >= 4 is 17.3 Å². The van der Waals surface area contributed by atoms with E-state index in [1.54, 1.807) is 25.6 Å². The summed E-state index contributed by atoms with van der Waals surface area (Å²) in [6, 6.07) is 5.77. The fourth-order valence-electron chi connectivity index (χ4n) is 2.59. The molecule has 0 aliphatic carbocycles. The maximum Gasteiger partial charge on any atom is 0.191 e. The molecule has 142 valence electrons. The highest BCUT2D eigenvalue weighted by molar-refractivity contribution is 7.11. The van der Waals surface area contributed by atoms with E-state index in [2.05, 4.69) is 34.5 Å². The van der Waals surface area contributed by atoms with Crippen molar-refractivity contribution in [3.8, 4) is 11.5 Å². The number of ether oxygens (including phenoxy) is 2. The van der Waals surface area contributed by atoms with Crippen LogP contribution in [-0.2, 0) is 13.0 Å². The summed E-state index contributed by atoms with van der Waals surface area (Å²) in [7, 11) is 3.30. The van der Waals surface area contributed by atoms with Crippen LogP contribution >= 0.6 is 11.3 Å². The van der Waals surface area contributed by atoms with Crippen molar-refractivity contribution in [3.63, 3.8) is 0 Å². The van der Waals surface area contributed by atoms with E-state index in [4.69, 9.17) is 9.47 Å². The van der Waals surface area contributed by atoms with Crippen molar-refractivity contribution in [2.24, 2.45) is 4.99 Å². The molecule has 0 fully saturated rings. The number of hydrogen-bond donors (Lipinski definition) is 2. The van der Waals surface area contributed by atoms with Gasteiger partial charge >= 0.3 is 0 Å². The van der Waals surface area contributed by atoms with Crippen LogP contribution < -0.4 is 20.1 Å². The number of rotatable bonds is 8.